The van der Waals surface area contributed by atoms with Gasteiger partial charge in [0.25, 0.3) is 0 Å². The van der Waals surface area contributed by atoms with Gasteiger partial charge in [0.2, 0.25) is 11.7 Å². The second-order valence-corrected chi connectivity index (χ2v) is 4.99. The summed E-state index contributed by atoms with van der Waals surface area (Å²) < 4.78 is 10.2. The van der Waals surface area contributed by atoms with Gasteiger partial charge in [-0.2, -0.15) is 4.98 Å². The van der Waals surface area contributed by atoms with Crippen molar-refractivity contribution < 1.29 is 14.1 Å². The second kappa shape index (κ2) is 5.99. The highest BCUT2D eigenvalue weighted by Crippen LogP contribution is 2.21. The van der Waals surface area contributed by atoms with Gasteiger partial charge in [0.1, 0.15) is 5.75 Å². The number of halogens is 1. The number of rotatable bonds is 3. The minimum absolute atomic E-state index is 0.433. The van der Waals surface area contributed by atoms with Crippen molar-refractivity contribution in [2.45, 2.75) is 6.92 Å². The lowest BCUT2D eigenvalue weighted by Crippen LogP contribution is -2.08. The number of aryl methyl sites for hydroxylation is 1. The average Bonchev–Trinajstić information content (AvgIpc) is 2.95. The van der Waals surface area contributed by atoms with Crippen LogP contribution in [0.25, 0.3) is 11.4 Å². The molecule has 0 bridgehead atoms. The number of hydrogen-bond acceptors (Lipinski definition) is 5. The van der Waals surface area contributed by atoms with E-state index in [-0.39, 0.29) is 0 Å². The Morgan fingerprint density at radius 3 is 2.36 bits per heavy atom. The van der Waals surface area contributed by atoms with Crippen LogP contribution in [0.3, 0.4) is 0 Å². The van der Waals surface area contributed by atoms with Crippen LogP contribution >= 0.6 is 11.6 Å². The van der Waals surface area contributed by atoms with Gasteiger partial charge in [-0.15, -0.1) is 0 Å². The van der Waals surface area contributed by atoms with Crippen molar-refractivity contribution >= 4 is 17.6 Å². The molecule has 0 N–H and O–H groups in total. The van der Waals surface area contributed by atoms with E-state index in [0.29, 0.717) is 28.1 Å². The molecule has 0 fully saturated rings. The molecule has 0 saturated carbocycles. The molecule has 3 rings (SSSR count). The van der Waals surface area contributed by atoms with Crippen molar-refractivity contribution in [3.8, 4) is 17.1 Å². The fraction of sp³-hybridized carbons (Fsp3) is 0.0625. The first kappa shape index (κ1) is 14.3. The maximum atomic E-state index is 12.0. The summed E-state index contributed by atoms with van der Waals surface area (Å²) in [4.78, 5) is 16.1. The molecule has 0 unspecified atom stereocenters. The Morgan fingerprint density at radius 1 is 1.09 bits per heavy atom. The van der Waals surface area contributed by atoms with Crippen LogP contribution in [0, 0.1) is 6.92 Å². The van der Waals surface area contributed by atoms with Crippen LogP contribution in [-0.2, 0) is 0 Å². The maximum Gasteiger partial charge on any atom is 0.343 e. The minimum Gasteiger partial charge on any atom is -0.423 e. The monoisotopic (exact) mass is 314 g/mol. The number of ether oxygens (including phenoxy) is 1. The van der Waals surface area contributed by atoms with E-state index in [1.54, 1.807) is 55.5 Å². The Balaban J connectivity index is 1.73. The third kappa shape index (κ3) is 3.15. The van der Waals surface area contributed by atoms with E-state index in [1.165, 1.54) is 0 Å². The van der Waals surface area contributed by atoms with E-state index in [0.717, 1.165) is 5.56 Å². The maximum absolute atomic E-state index is 12.0. The van der Waals surface area contributed by atoms with E-state index in [2.05, 4.69) is 10.1 Å². The topological polar surface area (TPSA) is 65.2 Å². The number of hydrogen-bond donors (Lipinski definition) is 0. The zero-order chi connectivity index (χ0) is 15.5. The zero-order valence-electron chi connectivity index (χ0n) is 11.6. The molecule has 1 heterocycles. The van der Waals surface area contributed by atoms with Crippen LogP contribution in [0.1, 0.15) is 16.2 Å². The standard InChI is InChI=1S/C16H11ClN2O3/c1-10-18-15(19-22-10)11-4-8-14(9-5-11)21-16(20)12-2-6-13(17)7-3-12/h2-9H,1H3. The van der Waals surface area contributed by atoms with Gasteiger partial charge in [-0.1, -0.05) is 16.8 Å². The highest BCUT2D eigenvalue weighted by atomic mass is 35.5. The molecule has 0 spiro atoms. The molecule has 2 aromatic carbocycles. The van der Waals surface area contributed by atoms with E-state index < -0.39 is 5.97 Å². The van der Waals surface area contributed by atoms with Crippen LogP contribution in [-0.4, -0.2) is 16.1 Å². The molecule has 5 nitrogen and oxygen atoms in total. The number of carbonyl (C=O) groups is 1. The van der Waals surface area contributed by atoms with Crippen molar-refractivity contribution in [3.63, 3.8) is 0 Å². The van der Waals surface area contributed by atoms with Crippen molar-refractivity contribution in [3.05, 3.63) is 65.0 Å². The summed E-state index contributed by atoms with van der Waals surface area (Å²) in [6.07, 6.45) is 0. The lowest BCUT2D eigenvalue weighted by molar-refractivity contribution is 0.0735. The van der Waals surface area contributed by atoms with E-state index >= 15 is 0 Å². The molecule has 0 aliphatic heterocycles. The van der Waals surface area contributed by atoms with Gasteiger partial charge < -0.3 is 9.26 Å². The van der Waals surface area contributed by atoms with Crippen molar-refractivity contribution in [2.75, 3.05) is 0 Å². The SMILES string of the molecule is Cc1nc(-c2ccc(OC(=O)c3ccc(Cl)cc3)cc2)no1. The normalized spacial score (nSPS) is 10.5. The largest absolute Gasteiger partial charge is 0.423 e. The highest BCUT2D eigenvalue weighted by Gasteiger charge is 2.10. The molecule has 0 amide bonds. The first-order chi connectivity index (χ1) is 10.6. The zero-order valence-corrected chi connectivity index (χ0v) is 12.4. The number of benzene rings is 2. The molecule has 0 aliphatic rings. The lowest BCUT2D eigenvalue weighted by Gasteiger charge is -2.04. The van der Waals surface area contributed by atoms with Crippen molar-refractivity contribution in [2.24, 2.45) is 0 Å². The number of nitrogens with zero attached hydrogens (tertiary/aromatic N) is 2. The summed E-state index contributed by atoms with van der Waals surface area (Å²) in [7, 11) is 0. The van der Waals surface area contributed by atoms with Gasteiger partial charge in [-0.05, 0) is 48.5 Å². The molecule has 3 aromatic rings. The van der Waals surface area contributed by atoms with Crippen LogP contribution in [0.5, 0.6) is 5.75 Å². The Morgan fingerprint density at radius 2 is 1.77 bits per heavy atom. The molecule has 110 valence electrons. The molecule has 1 aromatic heterocycles. The summed E-state index contributed by atoms with van der Waals surface area (Å²) in [5.74, 6) is 0.977. The van der Waals surface area contributed by atoms with Crippen molar-refractivity contribution in [1.82, 2.24) is 10.1 Å². The van der Waals surface area contributed by atoms with Gasteiger partial charge in [0.05, 0.1) is 5.56 Å². The summed E-state index contributed by atoms with van der Waals surface area (Å²) >= 11 is 5.78. The first-order valence-electron chi connectivity index (χ1n) is 6.50. The Kier molecular flexibility index (Phi) is 3.89. The van der Waals surface area contributed by atoms with Crippen molar-refractivity contribution in [1.29, 1.82) is 0 Å². The Bertz CT molecular complexity index is 795. The third-order valence-corrected chi connectivity index (χ3v) is 3.18. The Labute approximate surface area is 131 Å². The van der Waals surface area contributed by atoms with Gasteiger partial charge in [-0.25, -0.2) is 4.79 Å². The van der Waals surface area contributed by atoms with E-state index in [1.807, 2.05) is 0 Å². The second-order valence-electron chi connectivity index (χ2n) is 4.56. The van der Waals surface area contributed by atoms with Crippen LogP contribution in [0.15, 0.2) is 53.1 Å². The van der Waals surface area contributed by atoms with Crippen LogP contribution in [0.2, 0.25) is 5.02 Å². The number of carbonyl (C=O) groups excluding carboxylic acids is 1. The minimum atomic E-state index is -0.445. The first-order valence-corrected chi connectivity index (χ1v) is 6.88. The van der Waals surface area contributed by atoms with Gasteiger partial charge in [0, 0.05) is 17.5 Å². The van der Waals surface area contributed by atoms with Crippen LogP contribution in [0.4, 0.5) is 0 Å². The molecule has 0 aliphatic carbocycles. The fourth-order valence-corrected chi connectivity index (χ4v) is 1.97. The average molecular weight is 315 g/mol. The highest BCUT2D eigenvalue weighted by molar-refractivity contribution is 6.30. The summed E-state index contributed by atoms with van der Waals surface area (Å²) in [6, 6.07) is 13.4. The molecule has 0 radical (unpaired) electrons. The summed E-state index contributed by atoms with van der Waals surface area (Å²) in [5.41, 5.74) is 1.21. The molecule has 6 heteroatoms. The Hall–Kier alpha value is -2.66. The number of esters is 1. The van der Waals surface area contributed by atoms with Gasteiger partial charge in [-0.3, -0.25) is 0 Å². The summed E-state index contributed by atoms with van der Waals surface area (Å²) in [5, 5.41) is 4.39. The van der Waals surface area contributed by atoms with Gasteiger partial charge >= 0.3 is 5.97 Å². The van der Waals surface area contributed by atoms with Gasteiger partial charge in [0.15, 0.2) is 0 Å². The third-order valence-electron chi connectivity index (χ3n) is 2.93. The smallest absolute Gasteiger partial charge is 0.343 e. The predicted molar refractivity (Wildman–Crippen MR) is 80.9 cm³/mol. The molecule has 0 atom stereocenters. The quantitative estimate of drug-likeness (QED) is 0.541. The summed E-state index contributed by atoms with van der Waals surface area (Å²) in [6.45, 7) is 1.72. The predicted octanol–water partition coefficient (Wildman–Crippen LogP) is 3.92. The fourth-order valence-electron chi connectivity index (χ4n) is 1.84. The number of aromatic nitrogens is 2. The molecule has 0 saturated heterocycles. The van der Waals surface area contributed by atoms with E-state index in [9.17, 15) is 4.79 Å². The van der Waals surface area contributed by atoms with Crippen LogP contribution < -0.4 is 4.74 Å². The molecule has 22 heavy (non-hydrogen) atoms. The lowest BCUT2D eigenvalue weighted by atomic mass is 10.2. The molecular weight excluding hydrogens is 304 g/mol. The molecular formula is C16H11ClN2O3. The van der Waals surface area contributed by atoms with E-state index in [4.69, 9.17) is 20.9 Å².